The first-order chi connectivity index (χ1) is 22.5. The van der Waals surface area contributed by atoms with Crippen molar-refractivity contribution in [1.29, 1.82) is 0 Å². The molecule has 11 nitrogen and oxygen atoms in total. The molecule has 0 unspecified atom stereocenters. The van der Waals surface area contributed by atoms with Crippen LogP contribution in [0.2, 0.25) is 0 Å². The molecule has 254 valence electrons. The van der Waals surface area contributed by atoms with Gasteiger partial charge in [0.1, 0.15) is 24.2 Å². The molecule has 0 aromatic heterocycles. The second-order valence-electron chi connectivity index (χ2n) is 13.2. The Bertz CT molecular complexity index is 1400. The molecule has 5 atom stereocenters. The monoisotopic (exact) mass is 646 g/mol. The molecule has 5 N–H and O–H groups in total. The summed E-state index contributed by atoms with van der Waals surface area (Å²) in [5.41, 5.74) is 2.57. The summed E-state index contributed by atoms with van der Waals surface area (Å²) in [6, 6.07) is 13.6. The van der Waals surface area contributed by atoms with Crippen molar-refractivity contribution in [2.45, 2.75) is 90.4 Å². The lowest BCUT2D eigenvalue weighted by molar-refractivity contribution is -0.142. The molecule has 4 rings (SSSR count). The van der Waals surface area contributed by atoms with Crippen molar-refractivity contribution in [3.05, 3.63) is 65.7 Å². The van der Waals surface area contributed by atoms with E-state index in [1.807, 2.05) is 82.3 Å². The van der Waals surface area contributed by atoms with Gasteiger partial charge in [0.05, 0.1) is 6.54 Å². The van der Waals surface area contributed by atoms with Crippen LogP contribution in [0.15, 0.2) is 54.6 Å². The van der Waals surface area contributed by atoms with Gasteiger partial charge in [0, 0.05) is 25.2 Å². The van der Waals surface area contributed by atoms with Crippen LogP contribution in [0.5, 0.6) is 0 Å². The lowest BCUT2D eigenvalue weighted by Gasteiger charge is -2.31. The Morgan fingerprint density at radius 2 is 1.57 bits per heavy atom. The summed E-state index contributed by atoms with van der Waals surface area (Å²) in [5.74, 6) is -2.00. The second kappa shape index (κ2) is 16.9. The quantitative estimate of drug-likeness (QED) is 0.326. The summed E-state index contributed by atoms with van der Waals surface area (Å²) in [6.45, 7) is 8.48. The van der Waals surface area contributed by atoms with Crippen LogP contribution < -0.4 is 26.6 Å². The molecule has 2 aliphatic rings. The van der Waals surface area contributed by atoms with Gasteiger partial charge in [0.2, 0.25) is 29.5 Å². The lowest BCUT2D eigenvalue weighted by atomic mass is 9.96. The molecule has 5 amide bonds. The zero-order valence-corrected chi connectivity index (χ0v) is 28.0. The zero-order valence-electron chi connectivity index (χ0n) is 28.0. The maximum absolute atomic E-state index is 14.2. The van der Waals surface area contributed by atoms with Gasteiger partial charge in [0.25, 0.3) is 0 Å². The average Bonchev–Trinajstić information content (AvgIpc) is 3.55. The van der Waals surface area contributed by atoms with E-state index in [2.05, 4.69) is 26.6 Å². The zero-order chi connectivity index (χ0) is 33.9. The molecule has 11 heteroatoms. The van der Waals surface area contributed by atoms with Gasteiger partial charge in [0.15, 0.2) is 0 Å². The molecule has 1 fully saturated rings. The Hall–Kier alpha value is -4.41. The molecule has 2 aromatic carbocycles. The number of rotatable bonds is 6. The molecule has 2 heterocycles. The van der Waals surface area contributed by atoms with E-state index in [9.17, 15) is 24.0 Å². The van der Waals surface area contributed by atoms with Crippen LogP contribution in [0.1, 0.15) is 64.5 Å². The van der Waals surface area contributed by atoms with Gasteiger partial charge in [-0.05, 0) is 60.8 Å². The molecule has 47 heavy (non-hydrogen) atoms. The van der Waals surface area contributed by atoms with Crippen LogP contribution in [-0.2, 0) is 36.8 Å². The van der Waals surface area contributed by atoms with E-state index >= 15 is 0 Å². The van der Waals surface area contributed by atoms with Crippen molar-refractivity contribution in [3.63, 3.8) is 0 Å². The fourth-order valence-corrected chi connectivity index (χ4v) is 6.18. The van der Waals surface area contributed by atoms with Crippen molar-refractivity contribution >= 4 is 35.2 Å². The fraction of sp³-hybridized carbons (Fsp3) is 0.528. The van der Waals surface area contributed by atoms with E-state index in [1.54, 1.807) is 4.90 Å². The molecule has 2 aromatic rings. The highest BCUT2D eigenvalue weighted by molar-refractivity contribution is 5.96. The second-order valence-corrected chi connectivity index (χ2v) is 13.2. The van der Waals surface area contributed by atoms with Gasteiger partial charge >= 0.3 is 0 Å². The Kier molecular flexibility index (Phi) is 12.8. The summed E-state index contributed by atoms with van der Waals surface area (Å²) < 4.78 is 0. The number of nitrogens with zero attached hydrogens (tertiary/aromatic N) is 1. The standard InChI is InChI=1S/C36H50N6O5/c1-5-24(4)32-35(46)39-28(19-23(2)3)33(44)40-29(21-25-11-7-6-8-12-25)36(47)42-18-10-15-30(42)34(45)37-17-16-26-13-9-14-27(20-26)38-22-31(43)41-32/h6-9,11-14,20,23-24,28-30,32,38H,5,10,15-19,21-22H2,1-4H3,(H,37,45)(H,39,46)(H,40,44)(H,41,43)/t24-,28+,29+,30-,32-/m0/s1. The molecule has 0 aliphatic carbocycles. The normalized spacial score (nSPS) is 24.2. The SMILES string of the molecule is CC[C@H](C)[C@@H]1NC(=O)CNc2cccc(c2)CCNC(=O)[C@@H]2CCCN2C(=O)[C@@H](Cc2ccccc2)NC(=O)[C@@H](CC(C)C)NC1=O. The minimum atomic E-state index is -0.946. The minimum absolute atomic E-state index is 0.0445. The maximum atomic E-state index is 14.2. The number of hydrogen-bond acceptors (Lipinski definition) is 6. The van der Waals surface area contributed by atoms with Gasteiger partial charge in [-0.25, -0.2) is 0 Å². The van der Waals surface area contributed by atoms with Crippen molar-refractivity contribution in [2.24, 2.45) is 11.8 Å². The van der Waals surface area contributed by atoms with E-state index in [-0.39, 0.29) is 42.5 Å². The molecule has 2 bridgehead atoms. The topological polar surface area (TPSA) is 149 Å². The number of amides is 5. The van der Waals surface area contributed by atoms with Crippen molar-refractivity contribution in [1.82, 2.24) is 26.2 Å². The first-order valence-corrected chi connectivity index (χ1v) is 16.9. The highest BCUT2D eigenvalue weighted by Gasteiger charge is 2.39. The van der Waals surface area contributed by atoms with Crippen LogP contribution in [0.25, 0.3) is 0 Å². The lowest BCUT2D eigenvalue weighted by Crippen LogP contribution is -2.59. The molecule has 0 spiro atoms. The summed E-state index contributed by atoms with van der Waals surface area (Å²) >= 11 is 0. The third-order valence-corrected chi connectivity index (χ3v) is 8.98. The van der Waals surface area contributed by atoms with Crippen LogP contribution in [0.3, 0.4) is 0 Å². The third-order valence-electron chi connectivity index (χ3n) is 8.98. The minimum Gasteiger partial charge on any atom is -0.376 e. The van der Waals surface area contributed by atoms with Crippen LogP contribution in [0, 0.1) is 11.8 Å². The van der Waals surface area contributed by atoms with Crippen LogP contribution in [-0.4, -0.2) is 78.2 Å². The number of nitrogens with one attached hydrogen (secondary N) is 5. The first kappa shape index (κ1) is 35.4. The van der Waals surface area contributed by atoms with Crippen LogP contribution >= 0.6 is 0 Å². The number of carbonyl (C=O) groups is 5. The summed E-state index contributed by atoms with van der Waals surface area (Å²) in [6.07, 6.45) is 2.97. The highest BCUT2D eigenvalue weighted by atomic mass is 16.2. The van der Waals surface area contributed by atoms with Crippen molar-refractivity contribution in [3.8, 4) is 0 Å². The first-order valence-electron chi connectivity index (χ1n) is 16.9. The Balaban J connectivity index is 1.67. The van der Waals surface area contributed by atoms with Crippen molar-refractivity contribution in [2.75, 3.05) is 25.0 Å². The predicted molar refractivity (Wildman–Crippen MR) is 181 cm³/mol. The van der Waals surface area contributed by atoms with Gasteiger partial charge in [-0.3, -0.25) is 24.0 Å². The van der Waals surface area contributed by atoms with E-state index in [1.165, 1.54) is 0 Å². The third kappa shape index (κ3) is 10.0. The Morgan fingerprint density at radius 3 is 2.30 bits per heavy atom. The summed E-state index contributed by atoms with van der Waals surface area (Å²) in [5, 5.41) is 14.8. The molecular formula is C36H50N6O5. The highest BCUT2D eigenvalue weighted by Crippen LogP contribution is 2.21. The van der Waals surface area contributed by atoms with Gasteiger partial charge in [-0.2, -0.15) is 0 Å². The predicted octanol–water partition coefficient (Wildman–Crippen LogP) is 2.55. The Morgan fingerprint density at radius 1 is 0.830 bits per heavy atom. The number of hydrogen-bond donors (Lipinski definition) is 5. The summed E-state index contributed by atoms with van der Waals surface area (Å²) in [4.78, 5) is 69.8. The van der Waals surface area contributed by atoms with E-state index in [0.717, 1.165) is 16.8 Å². The van der Waals surface area contributed by atoms with Gasteiger partial charge in [-0.1, -0.05) is 76.6 Å². The van der Waals surface area contributed by atoms with E-state index < -0.39 is 36.0 Å². The number of benzene rings is 2. The molecular weight excluding hydrogens is 596 g/mol. The van der Waals surface area contributed by atoms with Crippen LogP contribution in [0.4, 0.5) is 5.69 Å². The van der Waals surface area contributed by atoms with Crippen molar-refractivity contribution < 1.29 is 24.0 Å². The van der Waals surface area contributed by atoms with Gasteiger partial charge in [-0.15, -0.1) is 0 Å². The molecule has 0 saturated carbocycles. The average molecular weight is 647 g/mol. The van der Waals surface area contributed by atoms with E-state index in [0.29, 0.717) is 45.2 Å². The number of fused-ring (bicyclic) bond motifs is 3. The number of carbonyl (C=O) groups excluding carboxylic acids is 5. The van der Waals surface area contributed by atoms with Gasteiger partial charge < -0.3 is 31.5 Å². The number of anilines is 1. The smallest absolute Gasteiger partial charge is 0.246 e. The van der Waals surface area contributed by atoms with E-state index in [4.69, 9.17) is 0 Å². The largest absolute Gasteiger partial charge is 0.376 e. The fourth-order valence-electron chi connectivity index (χ4n) is 6.18. The summed E-state index contributed by atoms with van der Waals surface area (Å²) in [7, 11) is 0. The molecule has 1 saturated heterocycles. The molecule has 0 radical (unpaired) electrons. The maximum Gasteiger partial charge on any atom is 0.246 e. The molecule has 2 aliphatic heterocycles. The Labute approximate surface area is 278 Å².